The van der Waals surface area contributed by atoms with Crippen LogP contribution in [0.25, 0.3) is 5.69 Å². The fourth-order valence-corrected chi connectivity index (χ4v) is 7.06. The number of anilines is 2. The zero-order valence-electron chi connectivity index (χ0n) is 28.1. The molecule has 2 fully saturated rings. The number of rotatable bonds is 11. The van der Waals surface area contributed by atoms with Gasteiger partial charge in [-0.2, -0.15) is 5.10 Å². The topological polar surface area (TPSA) is 118 Å². The minimum atomic E-state index is -1.20. The molecule has 262 valence electrons. The first-order valence-corrected chi connectivity index (χ1v) is 17.5. The molecule has 0 amide bonds. The molecule has 13 nitrogen and oxygen atoms in total. The second kappa shape index (κ2) is 14.4. The number of halogens is 2. The van der Waals surface area contributed by atoms with Gasteiger partial charge < -0.3 is 24.0 Å². The molecule has 0 radical (unpaired) electrons. The van der Waals surface area contributed by atoms with Crippen LogP contribution in [0.4, 0.5) is 11.4 Å². The maximum absolute atomic E-state index is 12.9. The number of hydrogen-bond acceptors (Lipinski definition) is 10. The van der Waals surface area contributed by atoms with Gasteiger partial charge in [0.2, 0.25) is 5.79 Å². The predicted octanol–water partition coefficient (Wildman–Crippen LogP) is 5.36. The summed E-state index contributed by atoms with van der Waals surface area (Å²) in [6.45, 7) is 9.68. The first kappa shape index (κ1) is 34.0. The van der Waals surface area contributed by atoms with Gasteiger partial charge in [-0.3, -0.25) is 0 Å². The summed E-state index contributed by atoms with van der Waals surface area (Å²) in [6.07, 6.45) is 3.59. The van der Waals surface area contributed by atoms with E-state index in [1.54, 1.807) is 33.8 Å². The molecule has 4 heterocycles. The third kappa shape index (κ3) is 6.95. The summed E-state index contributed by atoms with van der Waals surface area (Å²) in [4.78, 5) is 17.6. The highest BCUT2D eigenvalue weighted by molar-refractivity contribution is 6.35. The number of benzene rings is 3. The van der Waals surface area contributed by atoms with E-state index in [0.717, 1.165) is 48.9 Å². The van der Waals surface area contributed by atoms with Gasteiger partial charge in [-0.1, -0.05) is 36.2 Å². The summed E-state index contributed by atoms with van der Waals surface area (Å²) in [7, 11) is 0. The van der Waals surface area contributed by atoms with Crippen LogP contribution >= 0.6 is 23.2 Å². The summed E-state index contributed by atoms with van der Waals surface area (Å²) >= 11 is 12.7. The van der Waals surface area contributed by atoms with Gasteiger partial charge >= 0.3 is 5.69 Å². The Bertz CT molecular complexity index is 1950. The molecule has 2 aliphatic rings. The van der Waals surface area contributed by atoms with E-state index < -0.39 is 5.79 Å². The Morgan fingerprint density at radius 3 is 2.46 bits per heavy atom. The Balaban J connectivity index is 0.944. The lowest BCUT2D eigenvalue weighted by Gasteiger charge is -2.42. The van der Waals surface area contributed by atoms with Gasteiger partial charge in [0, 0.05) is 47.6 Å². The quantitative estimate of drug-likeness (QED) is 0.177. The fourth-order valence-electron chi connectivity index (χ4n) is 6.51. The van der Waals surface area contributed by atoms with E-state index in [-0.39, 0.29) is 37.0 Å². The van der Waals surface area contributed by atoms with Gasteiger partial charge in [0.25, 0.3) is 0 Å². The molecule has 2 aromatic heterocycles. The highest BCUT2D eigenvalue weighted by Gasteiger charge is 2.46. The second-order valence-corrected chi connectivity index (χ2v) is 13.6. The molecular weight excluding hydrogens is 681 g/mol. The molecule has 2 unspecified atom stereocenters. The third-order valence-electron chi connectivity index (χ3n) is 9.39. The fraction of sp³-hybridized carbons (Fsp3) is 0.400. The molecule has 0 saturated carbocycles. The van der Waals surface area contributed by atoms with E-state index in [9.17, 15) is 4.79 Å². The van der Waals surface area contributed by atoms with Crippen molar-refractivity contribution in [1.29, 1.82) is 0 Å². The molecule has 0 aliphatic carbocycles. The number of ether oxygens (including phenoxy) is 3. The summed E-state index contributed by atoms with van der Waals surface area (Å²) in [5.74, 6) is -0.465. The van der Waals surface area contributed by atoms with Crippen LogP contribution in [0.2, 0.25) is 10.0 Å². The average molecular weight is 721 g/mol. The second-order valence-electron chi connectivity index (χ2n) is 12.7. The van der Waals surface area contributed by atoms with Crippen molar-refractivity contribution in [2.75, 3.05) is 42.6 Å². The van der Waals surface area contributed by atoms with E-state index in [1.165, 1.54) is 11.0 Å². The lowest BCUT2D eigenvalue weighted by Crippen LogP contribution is -2.52. The van der Waals surface area contributed by atoms with Crippen LogP contribution in [0.1, 0.15) is 38.8 Å². The number of hydrogen-bond donors (Lipinski definition) is 0. The van der Waals surface area contributed by atoms with Crippen LogP contribution in [0.5, 0.6) is 5.75 Å². The van der Waals surface area contributed by atoms with Gasteiger partial charge in [0.05, 0.1) is 23.4 Å². The molecular formula is C35H39Cl2N9O4. The number of aromatic nitrogens is 7. The lowest BCUT2D eigenvalue weighted by atomic mass is 10.1. The van der Waals surface area contributed by atoms with Crippen molar-refractivity contribution in [2.45, 2.75) is 57.7 Å². The normalized spacial score (nSPS) is 21.5. The van der Waals surface area contributed by atoms with Crippen molar-refractivity contribution in [3.8, 4) is 11.4 Å². The van der Waals surface area contributed by atoms with Crippen LogP contribution in [-0.2, 0) is 21.8 Å². The Morgan fingerprint density at radius 1 is 1.00 bits per heavy atom. The highest BCUT2D eigenvalue weighted by atomic mass is 35.5. The third-order valence-corrected chi connectivity index (χ3v) is 9.94. The number of piperazine rings is 1. The Hall–Kier alpha value is -4.43. The van der Waals surface area contributed by atoms with Crippen molar-refractivity contribution in [3.63, 3.8) is 0 Å². The highest BCUT2D eigenvalue weighted by Crippen LogP contribution is 2.40. The monoisotopic (exact) mass is 719 g/mol. The van der Waals surface area contributed by atoms with E-state index in [1.807, 2.05) is 38.1 Å². The van der Waals surface area contributed by atoms with Crippen LogP contribution < -0.4 is 20.2 Å². The standard InChI is InChI=1S/C35H39Cl2N9O4/c1-4-24(2)46-34(47)45(23-39-46)29-8-6-28(7-9-29)44-16-15-42(18-25(44)3)27-10-12-30(13-11-27)48-19-31-20-49-35(50-31,21-43-22-38-40-41-43)32-14-5-26(36)17-33(32)37/h5-14,17,22-25,31H,4,15-16,18-21H2,1-3H3/t24?,25?,31-,35-/m1/s1. The van der Waals surface area contributed by atoms with Crippen LogP contribution in [0.15, 0.2) is 84.2 Å². The Morgan fingerprint density at radius 2 is 1.76 bits per heavy atom. The Labute approximate surface area is 299 Å². The summed E-state index contributed by atoms with van der Waals surface area (Å²) in [6, 6.07) is 21.8. The smallest absolute Gasteiger partial charge is 0.350 e. The van der Waals surface area contributed by atoms with E-state index >= 15 is 0 Å². The molecule has 3 aromatic carbocycles. The van der Waals surface area contributed by atoms with Crippen LogP contribution in [0.3, 0.4) is 0 Å². The lowest BCUT2D eigenvalue weighted by molar-refractivity contribution is -0.190. The van der Waals surface area contributed by atoms with E-state index in [0.29, 0.717) is 22.2 Å². The van der Waals surface area contributed by atoms with Crippen molar-refractivity contribution < 1.29 is 14.2 Å². The molecule has 0 spiro atoms. The predicted molar refractivity (Wildman–Crippen MR) is 191 cm³/mol. The maximum Gasteiger partial charge on any atom is 0.350 e. The summed E-state index contributed by atoms with van der Waals surface area (Å²) < 4.78 is 23.5. The van der Waals surface area contributed by atoms with Gasteiger partial charge in [-0.25, -0.2) is 18.7 Å². The number of nitrogens with zero attached hydrogens (tertiary/aromatic N) is 9. The SMILES string of the molecule is CCC(C)n1ncn(-c2ccc(N3CCN(c4ccc(OC[C@@H]5CO[C@@](Cn6cnnn6)(c6ccc(Cl)cc6Cl)O5)cc4)CC3C)cc2)c1=O. The molecule has 2 saturated heterocycles. The molecule has 0 bridgehead atoms. The Kier molecular flexibility index (Phi) is 9.82. The summed E-state index contributed by atoms with van der Waals surface area (Å²) in [5, 5.41) is 16.7. The van der Waals surface area contributed by atoms with Crippen molar-refractivity contribution in [3.05, 3.63) is 105 Å². The summed E-state index contributed by atoms with van der Waals surface area (Å²) in [5.41, 5.74) is 3.59. The van der Waals surface area contributed by atoms with Crippen molar-refractivity contribution in [2.24, 2.45) is 0 Å². The van der Waals surface area contributed by atoms with Gasteiger partial charge in [-0.05, 0) is 91.4 Å². The van der Waals surface area contributed by atoms with E-state index in [4.69, 9.17) is 37.4 Å². The largest absolute Gasteiger partial charge is 0.491 e. The molecule has 2 aliphatic heterocycles. The first-order valence-electron chi connectivity index (χ1n) is 16.7. The van der Waals surface area contributed by atoms with Crippen LogP contribution in [0, 0.1) is 0 Å². The maximum atomic E-state index is 12.9. The first-order chi connectivity index (χ1) is 24.2. The van der Waals surface area contributed by atoms with Crippen molar-refractivity contribution in [1.82, 2.24) is 34.6 Å². The molecule has 15 heteroatoms. The zero-order chi connectivity index (χ0) is 34.8. The molecule has 0 N–H and O–H groups in total. The van der Waals surface area contributed by atoms with E-state index in [2.05, 4.69) is 61.6 Å². The number of tetrazole rings is 1. The molecule has 50 heavy (non-hydrogen) atoms. The van der Waals surface area contributed by atoms with Gasteiger partial charge in [-0.15, -0.1) is 5.10 Å². The minimum Gasteiger partial charge on any atom is -0.491 e. The van der Waals surface area contributed by atoms with Gasteiger partial charge in [0.15, 0.2) is 0 Å². The average Bonchev–Trinajstić information content (AvgIpc) is 3.88. The van der Waals surface area contributed by atoms with Crippen molar-refractivity contribution >= 4 is 34.6 Å². The molecule has 7 rings (SSSR count). The minimum absolute atomic E-state index is 0.0590. The van der Waals surface area contributed by atoms with Crippen LogP contribution in [-0.4, -0.2) is 79.5 Å². The molecule has 4 atom stereocenters. The van der Waals surface area contributed by atoms with Gasteiger partial charge in [0.1, 0.15) is 37.7 Å². The molecule has 5 aromatic rings. The zero-order valence-corrected chi connectivity index (χ0v) is 29.6.